The first-order valence-electron chi connectivity index (χ1n) is 6.76. The molecule has 3 N–H and O–H groups in total. The molecule has 18 heavy (non-hydrogen) atoms. The summed E-state index contributed by atoms with van der Waals surface area (Å²) in [7, 11) is 0. The van der Waals surface area contributed by atoms with Gasteiger partial charge < -0.3 is 5.73 Å². The highest BCUT2D eigenvalue weighted by atomic mass is 15.5. The van der Waals surface area contributed by atoms with Crippen LogP contribution >= 0.6 is 0 Å². The Hall–Kier alpha value is -1.23. The van der Waals surface area contributed by atoms with Crippen LogP contribution in [0.25, 0.3) is 0 Å². The van der Waals surface area contributed by atoms with E-state index in [-0.39, 0.29) is 10.8 Å². The van der Waals surface area contributed by atoms with Gasteiger partial charge in [0.2, 0.25) is 0 Å². The normalized spacial score (nSPS) is 38.2. The SMILES string of the molecule is CCC1=CC2(C)C(C1)CC2(CN)Cc1nn[nH]n1. The minimum Gasteiger partial charge on any atom is -0.330 e. The number of hydrogen-bond donors (Lipinski definition) is 2. The Morgan fingerprint density at radius 1 is 1.56 bits per heavy atom. The standard InChI is InChI=1S/C13H21N5/c1-3-9-4-10-6-13(8-14,12(10,2)5-9)7-11-15-17-18-16-11/h5,10H,3-4,6-8,14H2,1-2H3,(H,15,16,17,18). The summed E-state index contributed by atoms with van der Waals surface area (Å²) in [5.74, 6) is 1.56. The van der Waals surface area contributed by atoms with Gasteiger partial charge in [-0.3, -0.25) is 0 Å². The van der Waals surface area contributed by atoms with Gasteiger partial charge in [-0.25, -0.2) is 0 Å². The van der Waals surface area contributed by atoms with Crippen LogP contribution in [-0.4, -0.2) is 27.2 Å². The quantitative estimate of drug-likeness (QED) is 0.789. The predicted octanol–water partition coefficient (Wildman–Crippen LogP) is 1.45. The van der Waals surface area contributed by atoms with Crippen LogP contribution in [0.4, 0.5) is 0 Å². The van der Waals surface area contributed by atoms with E-state index in [2.05, 4.69) is 40.5 Å². The first kappa shape index (κ1) is 11.8. The molecule has 0 bridgehead atoms. The molecule has 98 valence electrons. The first-order valence-corrected chi connectivity index (χ1v) is 6.76. The fourth-order valence-corrected chi connectivity index (χ4v) is 4.00. The second kappa shape index (κ2) is 3.88. The van der Waals surface area contributed by atoms with E-state index in [9.17, 15) is 0 Å². The van der Waals surface area contributed by atoms with E-state index in [1.54, 1.807) is 5.57 Å². The molecule has 1 aromatic rings. The fraction of sp³-hybridized carbons (Fsp3) is 0.769. The fourth-order valence-electron chi connectivity index (χ4n) is 4.00. The van der Waals surface area contributed by atoms with E-state index in [1.807, 2.05) is 0 Å². The van der Waals surface area contributed by atoms with Gasteiger partial charge in [0.05, 0.1) is 0 Å². The zero-order valence-electron chi connectivity index (χ0n) is 11.1. The lowest BCUT2D eigenvalue weighted by Crippen LogP contribution is -2.59. The van der Waals surface area contributed by atoms with Crippen LogP contribution in [0.15, 0.2) is 11.6 Å². The summed E-state index contributed by atoms with van der Waals surface area (Å²) < 4.78 is 0. The highest BCUT2D eigenvalue weighted by Crippen LogP contribution is 2.67. The molecule has 3 unspecified atom stereocenters. The molecule has 0 spiro atoms. The third-order valence-electron chi connectivity index (χ3n) is 5.37. The molecule has 2 aliphatic carbocycles. The van der Waals surface area contributed by atoms with Crippen LogP contribution in [0.3, 0.4) is 0 Å². The van der Waals surface area contributed by atoms with Gasteiger partial charge in [0.25, 0.3) is 0 Å². The van der Waals surface area contributed by atoms with Crippen molar-refractivity contribution in [3.8, 4) is 0 Å². The second-order valence-electron chi connectivity index (χ2n) is 6.03. The molecule has 5 nitrogen and oxygen atoms in total. The van der Waals surface area contributed by atoms with Crippen molar-refractivity contribution in [3.05, 3.63) is 17.5 Å². The number of rotatable bonds is 4. The number of nitrogens with two attached hydrogens (primary N) is 1. The molecule has 5 heteroatoms. The summed E-state index contributed by atoms with van der Waals surface area (Å²) in [6.45, 7) is 5.29. The number of tetrazole rings is 1. The van der Waals surface area contributed by atoms with Crippen molar-refractivity contribution in [1.29, 1.82) is 0 Å². The lowest BCUT2D eigenvalue weighted by atomic mass is 9.44. The summed E-state index contributed by atoms with van der Waals surface area (Å²) >= 11 is 0. The van der Waals surface area contributed by atoms with E-state index in [1.165, 1.54) is 12.8 Å². The minimum absolute atomic E-state index is 0.123. The molecule has 0 aliphatic heterocycles. The highest BCUT2D eigenvalue weighted by molar-refractivity contribution is 5.30. The lowest BCUT2D eigenvalue weighted by molar-refractivity contribution is -0.0796. The smallest absolute Gasteiger partial charge is 0.175 e. The molecule has 0 saturated heterocycles. The molecule has 3 atom stereocenters. The van der Waals surface area contributed by atoms with Gasteiger partial charge >= 0.3 is 0 Å². The number of hydrogen-bond acceptors (Lipinski definition) is 4. The maximum atomic E-state index is 6.10. The van der Waals surface area contributed by atoms with Crippen LogP contribution in [-0.2, 0) is 6.42 Å². The summed E-state index contributed by atoms with van der Waals surface area (Å²) in [5.41, 5.74) is 8.04. The van der Waals surface area contributed by atoms with Gasteiger partial charge in [-0.15, -0.1) is 10.2 Å². The molecule has 0 radical (unpaired) electrons. The molecule has 1 aromatic heterocycles. The number of aromatic amines is 1. The number of aromatic nitrogens is 4. The largest absolute Gasteiger partial charge is 0.330 e. The van der Waals surface area contributed by atoms with E-state index in [0.717, 1.165) is 24.6 Å². The molecule has 3 rings (SSSR count). The second-order valence-corrected chi connectivity index (χ2v) is 6.03. The maximum absolute atomic E-state index is 6.10. The van der Waals surface area contributed by atoms with Crippen LogP contribution < -0.4 is 5.73 Å². The van der Waals surface area contributed by atoms with Crippen LogP contribution in [0, 0.1) is 16.7 Å². The Bertz CT molecular complexity index is 466. The van der Waals surface area contributed by atoms with Crippen LogP contribution in [0.5, 0.6) is 0 Å². The highest BCUT2D eigenvalue weighted by Gasteiger charge is 2.62. The predicted molar refractivity (Wildman–Crippen MR) is 68.6 cm³/mol. The Labute approximate surface area is 107 Å². The van der Waals surface area contributed by atoms with Crippen molar-refractivity contribution in [2.75, 3.05) is 6.54 Å². The summed E-state index contributed by atoms with van der Waals surface area (Å²) in [5, 5.41) is 14.4. The van der Waals surface area contributed by atoms with Crippen molar-refractivity contribution in [1.82, 2.24) is 20.6 Å². The van der Waals surface area contributed by atoms with Gasteiger partial charge in [-0.05, 0) is 42.6 Å². The molecule has 0 amide bonds. The van der Waals surface area contributed by atoms with Gasteiger partial charge in [0, 0.05) is 6.42 Å². The van der Waals surface area contributed by atoms with Crippen molar-refractivity contribution < 1.29 is 0 Å². The van der Waals surface area contributed by atoms with Crippen LogP contribution in [0.2, 0.25) is 0 Å². The van der Waals surface area contributed by atoms with Gasteiger partial charge in [-0.2, -0.15) is 5.21 Å². The van der Waals surface area contributed by atoms with Crippen molar-refractivity contribution in [3.63, 3.8) is 0 Å². The van der Waals surface area contributed by atoms with E-state index in [4.69, 9.17) is 5.73 Å². The first-order chi connectivity index (χ1) is 8.63. The molecule has 1 fully saturated rings. The summed E-state index contributed by atoms with van der Waals surface area (Å²) in [6, 6.07) is 0. The number of H-pyrrole nitrogens is 1. The van der Waals surface area contributed by atoms with Gasteiger partial charge in [-0.1, -0.05) is 30.7 Å². The maximum Gasteiger partial charge on any atom is 0.175 e. The van der Waals surface area contributed by atoms with Gasteiger partial charge in [0.15, 0.2) is 5.82 Å². The number of fused-ring (bicyclic) bond motifs is 1. The Morgan fingerprint density at radius 3 is 3.00 bits per heavy atom. The monoisotopic (exact) mass is 247 g/mol. The summed E-state index contributed by atoms with van der Waals surface area (Å²) in [4.78, 5) is 0. The van der Waals surface area contributed by atoms with Crippen molar-refractivity contribution in [2.45, 2.75) is 39.5 Å². The average Bonchev–Trinajstić information content (AvgIpc) is 2.95. The molecule has 1 heterocycles. The van der Waals surface area contributed by atoms with Gasteiger partial charge in [0.1, 0.15) is 0 Å². The average molecular weight is 247 g/mol. The molecule has 1 saturated carbocycles. The molecular formula is C13H21N5. The van der Waals surface area contributed by atoms with E-state index >= 15 is 0 Å². The molecular weight excluding hydrogens is 226 g/mol. The van der Waals surface area contributed by atoms with E-state index in [0.29, 0.717) is 6.54 Å². The number of nitrogens with zero attached hydrogens (tertiary/aromatic N) is 3. The van der Waals surface area contributed by atoms with Crippen LogP contribution in [0.1, 0.15) is 38.9 Å². The zero-order chi connectivity index (χ0) is 12.8. The topological polar surface area (TPSA) is 80.5 Å². The van der Waals surface area contributed by atoms with E-state index < -0.39 is 0 Å². The summed E-state index contributed by atoms with van der Waals surface area (Å²) in [6.07, 6.45) is 6.92. The third-order valence-corrected chi connectivity index (χ3v) is 5.37. The zero-order valence-corrected chi connectivity index (χ0v) is 11.1. The third kappa shape index (κ3) is 1.40. The number of nitrogens with one attached hydrogen (secondary N) is 1. The minimum atomic E-state index is 0.123. The number of allylic oxidation sites excluding steroid dienone is 2. The molecule has 2 aliphatic rings. The Morgan fingerprint density at radius 2 is 2.39 bits per heavy atom. The van der Waals surface area contributed by atoms with Crippen molar-refractivity contribution >= 4 is 0 Å². The lowest BCUT2D eigenvalue weighted by Gasteiger charge is -2.60. The molecule has 0 aromatic carbocycles. The Kier molecular flexibility index (Phi) is 2.55. The van der Waals surface area contributed by atoms with Crippen molar-refractivity contribution in [2.24, 2.45) is 22.5 Å². The Balaban J connectivity index is 1.88.